The SMILES string of the molecule is O=C(NCCc1ccccc1)c1cnc(Nc2ccccc2C(F)(F)F)nc1. The Bertz CT molecular complexity index is 928. The molecule has 0 spiro atoms. The lowest BCUT2D eigenvalue weighted by Crippen LogP contribution is -2.26. The molecule has 0 atom stereocenters. The summed E-state index contributed by atoms with van der Waals surface area (Å²) in [5.41, 5.74) is 0.348. The van der Waals surface area contributed by atoms with Gasteiger partial charge in [-0.3, -0.25) is 4.79 Å². The van der Waals surface area contributed by atoms with Crippen LogP contribution in [0.15, 0.2) is 67.0 Å². The zero-order valence-electron chi connectivity index (χ0n) is 14.7. The molecular formula is C20H17F3N4O. The molecule has 0 bridgehead atoms. The Balaban J connectivity index is 1.60. The molecule has 0 aliphatic rings. The van der Waals surface area contributed by atoms with Crippen LogP contribution in [0.3, 0.4) is 0 Å². The molecule has 0 unspecified atom stereocenters. The minimum Gasteiger partial charge on any atom is -0.352 e. The van der Waals surface area contributed by atoms with Crippen molar-refractivity contribution < 1.29 is 18.0 Å². The van der Waals surface area contributed by atoms with E-state index >= 15 is 0 Å². The van der Waals surface area contributed by atoms with E-state index in [2.05, 4.69) is 20.6 Å². The Labute approximate surface area is 159 Å². The predicted molar refractivity (Wildman–Crippen MR) is 99.2 cm³/mol. The zero-order valence-corrected chi connectivity index (χ0v) is 14.7. The number of alkyl halides is 3. The van der Waals surface area contributed by atoms with Crippen LogP contribution in [0.2, 0.25) is 0 Å². The summed E-state index contributed by atoms with van der Waals surface area (Å²) in [6, 6.07) is 14.7. The molecule has 0 saturated carbocycles. The molecule has 2 N–H and O–H groups in total. The second kappa shape index (κ2) is 8.51. The van der Waals surface area contributed by atoms with Crippen LogP contribution in [0.25, 0.3) is 0 Å². The molecule has 0 radical (unpaired) electrons. The van der Waals surface area contributed by atoms with Gasteiger partial charge in [-0.25, -0.2) is 9.97 Å². The highest BCUT2D eigenvalue weighted by molar-refractivity contribution is 5.93. The zero-order chi connectivity index (χ0) is 20.0. The van der Waals surface area contributed by atoms with Gasteiger partial charge in [-0.1, -0.05) is 42.5 Å². The second-order valence-corrected chi connectivity index (χ2v) is 5.96. The quantitative estimate of drug-likeness (QED) is 0.666. The summed E-state index contributed by atoms with van der Waals surface area (Å²) < 4.78 is 39.1. The maximum atomic E-state index is 13.0. The van der Waals surface area contributed by atoms with Crippen molar-refractivity contribution in [3.8, 4) is 0 Å². The van der Waals surface area contributed by atoms with Crippen LogP contribution in [-0.4, -0.2) is 22.4 Å². The van der Waals surface area contributed by atoms with Gasteiger partial charge in [-0.15, -0.1) is 0 Å². The smallest absolute Gasteiger partial charge is 0.352 e. The van der Waals surface area contributed by atoms with Crippen molar-refractivity contribution in [2.24, 2.45) is 0 Å². The van der Waals surface area contributed by atoms with Crippen molar-refractivity contribution in [1.29, 1.82) is 0 Å². The number of amides is 1. The van der Waals surface area contributed by atoms with Crippen LogP contribution in [0.5, 0.6) is 0 Å². The summed E-state index contributed by atoms with van der Waals surface area (Å²) >= 11 is 0. The van der Waals surface area contributed by atoms with E-state index in [1.165, 1.54) is 30.6 Å². The minimum atomic E-state index is -4.50. The number of aromatic nitrogens is 2. The van der Waals surface area contributed by atoms with Gasteiger partial charge >= 0.3 is 6.18 Å². The van der Waals surface area contributed by atoms with Crippen molar-refractivity contribution in [2.45, 2.75) is 12.6 Å². The highest BCUT2D eigenvalue weighted by Gasteiger charge is 2.33. The van der Waals surface area contributed by atoms with Crippen LogP contribution in [0, 0.1) is 0 Å². The number of hydrogen-bond donors (Lipinski definition) is 2. The normalized spacial score (nSPS) is 11.1. The van der Waals surface area contributed by atoms with E-state index in [0.29, 0.717) is 13.0 Å². The van der Waals surface area contributed by atoms with Crippen molar-refractivity contribution in [2.75, 3.05) is 11.9 Å². The molecular weight excluding hydrogens is 369 g/mol. The summed E-state index contributed by atoms with van der Waals surface area (Å²) in [6.07, 6.45) is -1.28. The summed E-state index contributed by atoms with van der Waals surface area (Å²) in [4.78, 5) is 20.0. The number of nitrogens with zero attached hydrogens (tertiary/aromatic N) is 2. The summed E-state index contributed by atoms with van der Waals surface area (Å²) in [6.45, 7) is 0.446. The molecule has 144 valence electrons. The summed E-state index contributed by atoms with van der Waals surface area (Å²) in [5.74, 6) is -0.379. The standard InChI is InChI=1S/C20H17F3N4O/c21-20(22,23)16-8-4-5-9-17(16)27-19-25-12-15(13-26-19)18(28)24-11-10-14-6-2-1-3-7-14/h1-9,12-13H,10-11H2,(H,24,28)(H,25,26,27). The van der Waals surface area contributed by atoms with E-state index in [9.17, 15) is 18.0 Å². The molecule has 3 aromatic rings. The van der Waals surface area contributed by atoms with E-state index < -0.39 is 11.7 Å². The molecule has 0 aliphatic heterocycles. The van der Waals surface area contributed by atoms with Gasteiger partial charge in [0.25, 0.3) is 5.91 Å². The fraction of sp³-hybridized carbons (Fsp3) is 0.150. The first-order chi connectivity index (χ1) is 13.4. The third kappa shape index (κ3) is 5.06. The third-order valence-electron chi connectivity index (χ3n) is 3.94. The molecule has 1 heterocycles. The van der Waals surface area contributed by atoms with Crippen molar-refractivity contribution in [1.82, 2.24) is 15.3 Å². The second-order valence-electron chi connectivity index (χ2n) is 5.96. The Hall–Kier alpha value is -3.42. The number of halogens is 3. The fourth-order valence-electron chi connectivity index (χ4n) is 2.54. The first kappa shape index (κ1) is 19.3. The van der Waals surface area contributed by atoms with E-state index in [0.717, 1.165) is 11.6 Å². The van der Waals surface area contributed by atoms with E-state index in [4.69, 9.17) is 0 Å². The Kier molecular flexibility index (Phi) is 5.88. The van der Waals surface area contributed by atoms with Crippen LogP contribution in [0.1, 0.15) is 21.5 Å². The van der Waals surface area contributed by atoms with Gasteiger partial charge in [0.15, 0.2) is 0 Å². The van der Waals surface area contributed by atoms with Gasteiger partial charge in [0.2, 0.25) is 5.95 Å². The Morgan fingerprint density at radius 3 is 2.25 bits per heavy atom. The van der Waals surface area contributed by atoms with Gasteiger partial charge in [0.05, 0.1) is 16.8 Å². The van der Waals surface area contributed by atoms with Crippen molar-refractivity contribution in [3.63, 3.8) is 0 Å². The van der Waals surface area contributed by atoms with Gasteiger partial charge < -0.3 is 10.6 Å². The van der Waals surface area contributed by atoms with Crippen molar-refractivity contribution >= 4 is 17.5 Å². The number of carbonyl (C=O) groups excluding carboxylic acids is 1. The van der Waals surface area contributed by atoms with Crippen molar-refractivity contribution in [3.05, 3.63) is 83.7 Å². The fourth-order valence-corrected chi connectivity index (χ4v) is 2.54. The van der Waals surface area contributed by atoms with Crippen LogP contribution >= 0.6 is 0 Å². The van der Waals surface area contributed by atoms with Gasteiger partial charge in [0, 0.05) is 18.9 Å². The van der Waals surface area contributed by atoms with Crippen LogP contribution in [0.4, 0.5) is 24.8 Å². The Morgan fingerprint density at radius 1 is 0.929 bits per heavy atom. The first-order valence-electron chi connectivity index (χ1n) is 8.51. The number of carbonyl (C=O) groups is 1. The van der Waals surface area contributed by atoms with Crippen LogP contribution in [-0.2, 0) is 12.6 Å². The largest absolute Gasteiger partial charge is 0.418 e. The number of para-hydroxylation sites is 1. The maximum absolute atomic E-state index is 13.0. The predicted octanol–water partition coefficient (Wildman–Crippen LogP) is 4.21. The number of rotatable bonds is 6. The number of anilines is 2. The lowest BCUT2D eigenvalue weighted by Gasteiger charge is -2.13. The third-order valence-corrected chi connectivity index (χ3v) is 3.94. The monoisotopic (exact) mass is 386 g/mol. The average molecular weight is 386 g/mol. The summed E-state index contributed by atoms with van der Waals surface area (Å²) in [7, 11) is 0. The molecule has 2 aromatic carbocycles. The number of hydrogen-bond acceptors (Lipinski definition) is 4. The molecule has 0 fully saturated rings. The van der Waals surface area contributed by atoms with E-state index in [1.807, 2.05) is 30.3 Å². The first-order valence-corrected chi connectivity index (χ1v) is 8.51. The maximum Gasteiger partial charge on any atom is 0.418 e. The minimum absolute atomic E-state index is 0.0301. The Morgan fingerprint density at radius 2 is 1.57 bits per heavy atom. The molecule has 8 heteroatoms. The van der Waals surface area contributed by atoms with Gasteiger partial charge in [-0.05, 0) is 24.1 Å². The molecule has 0 aliphatic carbocycles. The lowest BCUT2D eigenvalue weighted by molar-refractivity contribution is -0.136. The summed E-state index contributed by atoms with van der Waals surface area (Å²) in [5, 5.41) is 5.29. The topological polar surface area (TPSA) is 66.9 Å². The lowest BCUT2D eigenvalue weighted by atomic mass is 10.1. The average Bonchev–Trinajstić information content (AvgIpc) is 2.69. The molecule has 28 heavy (non-hydrogen) atoms. The van der Waals surface area contributed by atoms with Gasteiger partial charge in [-0.2, -0.15) is 13.2 Å². The highest BCUT2D eigenvalue weighted by atomic mass is 19.4. The van der Waals surface area contributed by atoms with E-state index in [1.54, 1.807) is 0 Å². The molecule has 0 saturated heterocycles. The number of nitrogens with one attached hydrogen (secondary N) is 2. The highest BCUT2D eigenvalue weighted by Crippen LogP contribution is 2.35. The van der Waals surface area contributed by atoms with Gasteiger partial charge in [0.1, 0.15) is 0 Å². The molecule has 1 aromatic heterocycles. The number of benzene rings is 2. The molecule has 1 amide bonds. The molecule has 3 rings (SSSR count). The van der Waals surface area contributed by atoms with E-state index in [-0.39, 0.29) is 23.1 Å². The molecule has 5 nitrogen and oxygen atoms in total. The van der Waals surface area contributed by atoms with Crippen LogP contribution < -0.4 is 10.6 Å².